The van der Waals surface area contributed by atoms with Gasteiger partial charge in [-0.2, -0.15) is 0 Å². The molecule has 7 nitrogen and oxygen atoms in total. The molecular formula is C18H18N4O3. The fourth-order valence-corrected chi connectivity index (χ4v) is 3.58. The molecule has 0 radical (unpaired) electrons. The van der Waals surface area contributed by atoms with Gasteiger partial charge in [-0.05, 0) is 17.5 Å². The topological polar surface area (TPSA) is 80.0 Å². The highest BCUT2D eigenvalue weighted by Gasteiger charge is 2.36. The average Bonchev–Trinajstić information content (AvgIpc) is 3.23. The lowest BCUT2D eigenvalue weighted by Gasteiger charge is -2.30. The number of ether oxygens (including phenoxy) is 1. The summed E-state index contributed by atoms with van der Waals surface area (Å²) < 4.78 is 7.55. The molecule has 2 atom stereocenters. The minimum atomic E-state index is -1.07. The van der Waals surface area contributed by atoms with Crippen LogP contribution in [0.3, 0.4) is 0 Å². The largest absolute Gasteiger partial charge is 0.477 e. The number of methoxy groups -OCH3 is 1. The molecule has 0 saturated heterocycles. The second kappa shape index (κ2) is 5.86. The van der Waals surface area contributed by atoms with Gasteiger partial charge in [0.2, 0.25) is 5.95 Å². The summed E-state index contributed by atoms with van der Waals surface area (Å²) >= 11 is 0. The standard InChI is InChI=1S/C18H18N4O3/c1-21(14-9-11-5-3-4-6-12(11)16(14)25-2)18-20-13(17(23)24)10-15-19-7-8-22(15)18/h3-8,10,14,16H,9H2,1-2H3,(H,23,24)/t14-,16+/m1/s1. The molecule has 2 aromatic heterocycles. The van der Waals surface area contributed by atoms with Crippen molar-refractivity contribution < 1.29 is 14.6 Å². The van der Waals surface area contributed by atoms with Gasteiger partial charge in [0.25, 0.3) is 0 Å². The van der Waals surface area contributed by atoms with Gasteiger partial charge in [0.1, 0.15) is 11.8 Å². The Kier molecular flexibility index (Phi) is 3.65. The number of aromatic nitrogens is 3. The van der Waals surface area contributed by atoms with Gasteiger partial charge in [0.15, 0.2) is 5.69 Å². The van der Waals surface area contributed by atoms with Crippen LogP contribution in [0.1, 0.15) is 27.7 Å². The summed E-state index contributed by atoms with van der Waals surface area (Å²) in [7, 11) is 3.61. The highest BCUT2D eigenvalue weighted by atomic mass is 16.5. The van der Waals surface area contributed by atoms with Gasteiger partial charge in [-0.3, -0.25) is 4.40 Å². The number of anilines is 1. The van der Waals surface area contributed by atoms with Gasteiger partial charge < -0.3 is 14.7 Å². The Morgan fingerprint density at radius 1 is 1.40 bits per heavy atom. The Bertz CT molecular complexity index is 952. The first-order chi connectivity index (χ1) is 12.1. The second-order valence-corrected chi connectivity index (χ2v) is 6.14. The maximum Gasteiger partial charge on any atom is 0.354 e. The molecule has 0 fully saturated rings. The molecule has 7 heteroatoms. The number of carboxylic acid groups (broad SMARTS) is 1. The molecule has 0 amide bonds. The van der Waals surface area contributed by atoms with Gasteiger partial charge in [-0.1, -0.05) is 24.3 Å². The fraction of sp³-hybridized carbons (Fsp3) is 0.278. The summed E-state index contributed by atoms with van der Waals surface area (Å²) in [4.78, 5) is 22.0. The van der Waals surface area contributed by atoms with Crippen molar-refractivity contribution in [2.24, 2.45) is 0 Å². The monoisotopic (exact) mass is 338 g/mol. The van der Waals surface area contributed by atoms with Crippen molar-refractivity contribution in [2.45, 2.75) is 18.6 Å². The number of aromatic carboxylic acids is 1. The first kappa shape index (κ1) is 15.6. The van der Waals surface area contributed by atoms with Gasteiger partial charge in [0.05, 0.1) is 6.04 Å². The van der Waals surface area contributed by atoms with Gasteiger partial charge in [0, 0.05) is 32.6 Å². The van der Waals surface area contributed by atoms with Gasteiger partial charge in [-0.25, -0.2) is 14.8 Å². The smallest absolute Gasteiger partial charge is 0.354 e. The first-order valence-corrected chi connectivity index (χ1v) is 8.01. The molecule has 0 unspecified atom stereocenters. The average molecular weight is 338 g/mol. The Hall–Kier alpha value is -2.93. The molecule has 4 rings (SSSR count). The minimum Gasteiger partial charge on any atom is -0.477 e. The Labute approximate surface area is 144 Å². The highest BCUT2D eigenvalue weighted by molar-refractivity contribution is 5.87. The van der Waals surface area contributed by atoms with Crippen molar-refractivity contribution >= 4 is 17.6 Å². The number of hydrogen-bond acceptors (Lipinski definition) is 5. The summed E-state index contributed by atoms with van der Waals surface area (Å²) in [6.07, 6.45) is 4.12. The number of rotatable bonds is 4. The van der Waals surface area contributed by atoms with Crippen LogP contribution in [-0.2, 0) is 11.2 Å². The van der Waals surface area contributed by atoms with Gasteiger partial charge >= 0.3 is 5.97 Å². The number of carbonyl (C=O) groups is 1. The quantitative estimate of drug-likeness (QED) is 0.785. The van der Waals surface area contributed by atoms with Crippen LogP contribution in [0, 0.1) is 0 Å². The summed E-state index contributed by atoms with van der Waals surface area (Å²) in [6.45, 7) is 0. The molecule has 0 spiro atoms. The Morgan fingerprint density at radius 2 is 2.20 bits per heavy atom. The predicted molar refractivity (Wildman–Crippen MR) is 92.0 cm³/mol. The summed E-state index contributed by atoms with van der Waals surface area (Å²) in [5.41, 5.74) is 2.93. The van der Waals surface area contributed by atoms with Crippen molar-refractivity contribution in [3.63, 3.8) is 0 Å². The maximum atomic E-state index is 11.4. The zero-order valence-corrected chi connectivity index (χ0v) is 14.0. The molecule has 1 aliphatic rings. The van der Waals surface area contributed by atoms with E-state index in [0.717, 1.165) is 12.0 Å². The Balaban J connectivity index is 1.79. The maximum absolute atomic E-state index is 11.4. The fourth-order valence-electron chi connectivity index (χ4n) is 3.58. The number of fused-ring (bicyclic) bond motifs is 2. The lowest BCUT2D eigenvalue weighted by Crippen LogP contribution is -2.37. The lowest BCUT2D eigenvalue weighted by molar-refractivity contribution is 0.0690. The molecule has 0 saturated carbocycles. The van der Waals surface area contributed by atoms with Crippen molar-refractivity contribution in [2.75, 3.05) is 19.1 Å². The third-order valence-corrected chi connectivity index (χ3v) is 4.80. The number of likely N-dealkylation sites (N-methyl/N-ethyl adjacent to an activating group) is 1. The molecule has 0 aliphatic heterocycles. The summed E-state index contributed by atoms with van der Waals surface area (Å²) in [5.74, 6) is -0.537. The van der Waals surface area contributed by atoms with Crippen molar-refractivity contribution in [1.29, 1.82) is 0 Å². The third kappa shape index (κ3) is 2.44. The van der Waals surface area contributed by atoms with Crippen LogP contribution < -0.4 is 4.90 Å². The number of carboxylic acids is 1. The molecule has 0 bridgehead atoms. The molecular weight excluding hydrogens is 320 g/mol. The number of hydrogen-bond donors (Lipinski definition) is 1. The predicted octanol–water partition coefficient (Wildman–Crippen LogP) is 2.18. The van der Waals surface area contributed by atoms with E-state index < -0.39 is 5.97 Å². The van der Waals surface area contributed by atoms with E-state index >= 15 is 0 Å². The number of nitrogens with zero attached hydrogens (tertiary/aromatic N) is 4. The van der Waals surface area contributed by atoms with Crippen LogP contribution >= 0.6 is 0 Å². The third-order valence-electron chi connectivity index (χ3n) is 4.80. The van der Waals surface area contributed by atoms with E-state index in [2.05, 4.69) is 22.1 Å². The lowest BCUT2D eigenvalue weighted by atomic mass is 10.1. The zero-order valence-electron chi connectivity index (χ0n) is 14.0. The summed E-state index contributed by atoms with van der Waals surface area (Å²) in [6, 6.07) is 9.69. The van der Waals surface area contributed by atoms with Crippen LogP contribution in [0.5, 0.6) is 0 Å². The Morgan fingerprint density at radius 3 is 2.96 bits per heavy atom. The van der Waals surface area contributed by atoms with E-state index in [4.69, 9.17) is 4.74 Å². The number of imidazole rings is 1. The van der Waals surface area contributed by atoms with E-state index in [-0.39, 0.29) is 17.8 Å². The van der Waals surface area contributed by atoms with E-state index in [1.807, 2.05) is 24.1 Å². The summed E-state index contributed by atoms with van der Waals surface area (Å²) in [5, 5.41) is 9.35. The van der Waals surface area contributed by atoms with E-state index in [9.17, 15) is 9.90 Å². The van der Waals surface area contributed by atoms with Gasteiger partial charge in [-0.15, -0.1) is 0 Å². The van der Waals surface area contributed by atoms with E-state index in [1.165, 1.54) is 11.6 Å². The van der Waals surface area contributed by atoms with Crippen LogP contribution in [0.25, 0.3) is 5.65 Å². The van der Waals surface area contributed by atoms with E-state index in [0.29, 0.717) is 11.6 Å². The SMILES string of the molecule is CO[C@H]1c2ccccc2C[C@H]1N(C)c1nc(C(=O)O)cc2nccn12. The first-order valence-electron chi connectivity index (χ1n) is 8.01. The van der Waals surface area contributed by atoms with Crippen LogP contribution in [0.15, 0.2) is 42.7 Å². The van der Waals surface area contributed by atoms with Crippen molar-refractivity contribution in [3.05, 3.63) is 59.5 Å². The second-order valence-electron chi connectivity index (χ2n) is 6.14. The molecule has 1 aromatic carbocycles. The minimum absolute atomic E-state index is 0.0181. The molecule has 1 N–H and O–H groups in total. The van der Waals surface area contributed by atoms with Crippen LogP contribution in [0.2, 0.25) is 0 Å². The molecule has 25 heavy (non-hydrogen) atoms. The zero-order chi connectivity index (χ0) is 17.6. The van der Waals surface area contributed by atoms with Crippen molar-refractivity contribution in [3.8, 4) is 0 Å². The molecule has 2 heterocycles. The van der Waals surface area contributed by atoms with Crippen LogP contribution in [-0.4, -0.2) is 45.6 Å². The van der Waals surface area contributed by atoms with Crippen molar-refractivity contribution in [1.82, 2.24) is 14.4 Å². The van der Waals surface area contributed by atoms with E-state index in [1.54, 1.807) is 23.9 Å². The normalized spacial score (nSPS) is 19.1. The van der Waals surface area contributed by atoms with Crippen LogP contribution in [0.4, 0.5) is 5.95 Å². The molecule has 128 valence electrons. The molecule has 1 aliphatic carbocycles. The molecule has 3 aromatic rings. The number of benzene rings is 1. The highest BCUT2D eigenvalue weighted by Crippen LogP contribution is 2.37.